The van der Waals surface area contributed by atoms with Gasteiger partial charge in [0, 0.05) is 40.5 Å². The first-order valence-corrected chi connectivity index (χ1v) is 9.58. The summed E-state index contributed by atoms with van der Waals surface area (Å²) in [6.07, 6.45) is 2.17. The largest absolute Gasteiger partial charge is 0.361 e. The van der Waals surface area contributed by atoms with Gasteiger partial charge in [0.2, 0.25) is 0 Å². The minimum Gasteiger partial charge on any atom is -0.361 e. The standard InChI is InChI=1S/C22H22N2S/c1-16(17-8-3-2-4-9-17)23-15-20(22-12-7-13-25-22)19-14-24-21-11-6-5-10-18(19)21/h2-14,16,20,23-24H,15H2,1H3/t16-,20-/m1/s1. The summed E-state index contributed by atoms with van der Waals surface area (Å²) in [5.74, 6) is 0.349. The summed E-state index contributed by atoms with van der Waals surface area (Å²) in [5, 5.41) is 7.21. The summed E-state index contributed by atoms with van der Waals surface area (Å²) in [5.41, 5.74) is 3.90. The van der Waals surface area contributed by atoms with Crippen LogP contribution in [0.25, 0.3) is 10.9 Å². The number of H-pyrrole nitrogens is 1. The van der Waals surface area contributed by atoms with E-state index in [0.717, 1.165) is 6.54 Å². The zero-order chi connectivity index (χ0) is 17.1. The molecule has 4 rings (SSSR count). The number of hydrogen-bond acceptors (Lipinski definition) is 2. The number of aromatic nitrogens is 1. The molecule has 25 heavy (non-hydrogen) atoms. The van der Waals surface area contributed by atoms with E-state index in [2.05, 4.69) is 95.5 Å². The summed E-state index contributed by atoms with van der Waals surface area (Å²) >= 11 is 1.83. The van der Waals surface area contributed by atoms with E-state index in [-0.39, 0.29) is 0 Å². The van der Waals surface area contributed by atoms with Gasteiger partial charge in [-0.15, -0.1) is 11.3 Å². The highest BCUT2D eigenvalue weighted by molar-refractivity contribution is 7.10. The minimum absolute atomic E-state index is 0.328. The van der Waals surface area contributed by atoms with Gasteiger partial charge in [0.1, 0.15) is 0 Å². The monoisotopic (exact) mass is 346 g/mol. The second kappa shape index (κ2) is 7.26. The highest BCUT2D eigenvalue weighted by Gasteiger charge is 2.20. The molecular formula is C22H22N2S. The molecule has 2 N–H and O–H groups in total. The van der Waals surface area contributed by atoms with Crippen LogP contribution in [0, 0.1) is 0 Å². The third-order valence-corrected chi connectivity index (χ3v) is 5.80. The lowest BCUT2D eigenvalue weighted by Crippen LogP contribution is -2.25. The fourth-order valence-electron chi connectivity index (χ4n) is 3.39. The lowest BCUT2D eigenvalue weighted by Gasteiger charge is -2.20. The lowest BCUT2D eigenvalue weighted by atomic mass is 9.96. The molecule has 2 atom stereocenters. The lowest BCUT2D eigenvalue weighted by molar-refractivity contribution is 0.553. The molecule has 2 nitrogen and oxygen atoms in total. The predicted molar refractivity (Wildman–Crippen MR) is 107 cm³/mol. The van der Waals surface area contributed by atoms with E-state index >= 15 is 0 Å². The highest BCUT2D eigenvalue weighted by atomic mass is 32.1. The molecule has 2 aromatic heterocycles. The smallest absolute Gasteiger partial charge is 0.0457 e. The summed E-state index contributed by atoms with van der Waals surface area (Å²) in [6.45, 7) is 3.15. The SMILES string of the molecule is C[C@@H](NC[C@@H](c1cccs1)c1c[nH]c2ccccc12)c1ccccc1. The van der Waals surface area contributed by atoms with Gasteiger partial charge in [0.15, 0.2) is 0 Å². The van der Waals surface area contributed by atoms with Crippen molar-refractivity contribution < 1.29 is 0 Å². The molecule has 0 aliphatic rings. The summed E-state index contributed by atoms with van der Waals surface area (Å²) in [4.78, 5) is 4.83. The number of fused-ring (bicyclic) bond motifs is 1. The van der Waals surface area contributed by atoms with Crippen molar-refractivity contribution in [1.82, 2.24) is 10.3 Å². The molecule has 4 aromatic rings. The second-order valence-electron chi connectivity index (χ2n) is 6.40. The third-order valence-electron chi connectivity index (χ3n) is 4.81. The number of para-hydroxylation sites is 1. The summed E-state index contributed by atoms with van der Waals surface area (Å²) < 4.78 is 0. The van der Waals surface area contributed by atoms with Crippen molar-refractivity contribution in [2.24, 2.45) is 0 Å². The van der Waals surface area contributed by atoms with E-state index < -0.39 is 0 Å². The van der Waals surface area contributed by atoms with Crippen LogP contribution in [0.2, 0.25) is 0 Å². The van der Waals surface area contributed by atoms with E-state index in [9.17, 15) is 0 Å². The molecule has 0 saturated heterocycles. The molecule has 0 radical (unpaired) electrons. The van der Waals surface area contributed by atoms with Crippen LogP contribution in [0.5, 0.6) is 0 Å². The molecule has 0 spiro atoms. The number of nitrogens with one attached hydrogen (secondary N) is 2. The molecule has 2 aromatic carbocycles. The van der Waals surface area contributed by atoms with Crippen LogP contribution in [0.3, 0.4) is 0 Å². The van der Waals surface area contributed by atoms with E-state index in [1.165, 1.54) is 26.9 Å². The normalized spacial score (nSPS) is 13.8. The summed E-state index contributed by atoms with van der Waals surface area (Å²) in [6, 6.07) is 23.9. The van der Waals surface area contributed by atoms with Crippen LogP contribution in [0.15, 0.2) is 78.3 Å². The Balaban J connectivity index is 1.61. The van der Waals surface area contributed by atoms with Gasteiger partial charge in [0.25, 0.3) is 0 Å². The van der Waals surface area contributed by atoms with Crippen LogP contribution in [-0.2, 0) is 0 Å². The van der Waals surface area contributed by atoms with Crippen molar-refractivity contribution in [2.45, 2.75) is 18.9 Å². The van der Waals surface area contributed by atoms with Crippen molar-refractivity contribution in [3.8, 4) is 0 Å². The van der Waals surface area contributed by atoms with Gasteiger partial charge in [-0.05, 0) is 35.6 Å². The van der Waals surface area contributed by atoms with Gasteiger partial charge in [0.05, 0.1) is 0 Å². The predicted octanol–water partition coefficient (Wildman–Crippen LogP) is 5.71. The molecule has 0 aliphatic carbocycles. The molecule has 0 saturated carbocycles. The average Bonchev–Trinajstić information content (AvgIpc) is 3.33. The Morgan fingerprint density at radius 2 is 1.76 bits per heavy atom. The Bertz CT molecular complexity index is 925. The van der Waals surface area contributed by atoms with Gasteiger partial charge < -0.3 is 10.3 Å². The van der Waals surface area contributed by atoms with Gasteiger partial charge in [-0.3, -0.25) is 0 Å². The first kappa shape index (κ1) is 16.1. The third kappa shape index (κ3) is 3.39. The number of thiophene rings is 1. The quantitative estimate of drug-likeness (QED) is 0.460. The molecule has 0 fully saturated rings. The molecule has 3 heteroatoms. The van der Waals surface area contributed by atoms with Gasteiger partial charge in [-0.25, -0.2) is 0 Å². The molecule has 2 heterocycles. The average molecular weight is 346 g/mol. The van der Waals surface area contributed by atoms with Crippen molar-refractivity contribution in [3.63, 3.8) is 0 Å². The maximum Gasteiger partial charge on any atom is 0.0457 e. The number of rotatable bonds is 6. The molecule has 0 bridgehead atoms. The van der Waals surface area contributed by atoms with Crippen LogP contribution >= 0.6 is 11.3 Å². The van der Waals surface area contributed by atoms with Crippen LogP contribution in [0.4, 0.5) is 0 Å². The number of benzene rings is 2. The fourth-order valence-corrected chi connectivity index (χ4v) is 4.24. The number of aromatic amines is 1. The Kier molecular flexibility index (Phi) is 4.68. The van der Waals surface area contributed by atoms with Crippen molar-refractivity contribution in [3.05, 3.63) is 94.3 Å². The van der Waals surface area contributed by atoms with Crippen molar-refractivity contribution in [2.75, 3.05) is 6.54 Å². The topological polar surface area (TPSA) is 27.8 Å². The first-order chi connectivity index (χ1) is 12.3. The van der Waals surface area contributed by atoms with Crippen LogP contribution < -0.4 is 5.32 Å². The van der Waals surface area contributed by atoms with Crippen LogP contribution in [0.1, 0.15) is 34.9 Å². The maximum atomic E-state index is 3.73. The molecule has 0 unspecified atom stereocenters. The Morgan fingerprint density at radius 1 is 0.960 bits per heavy atom. The van der Waals surface area contributed by atoms with E-state index in [1.54, 1.807) is 0 Å². The maximum absolute atomic E-state index is 3.73. The Morgan fingerprint density at radius 3 is 2.56 bits per heavy atom. The fraction of sp³-hybridized carbons (Fsp3) is 0.182. The molecule has 0 amide bonds. The van der Waals surface area contributed by atoms with Crippen molar-refractivity contribution in [1.29, 1.82) is 0 Å². The molecule has 0 aliphatic heterocycles. The Hall–Kier alpha value is -2.36. The first-order valence-electron chi connectivity index (χ1n) is 8.70. The minimum atomic E-state index is 0.328. The summed E-state index contributed by atoms with van der Waals surface area (Å²) in [7, 11) is 0. The Labute approximate surface area is 152 Å². The molecular weight excluding hydrogens is 324 g/mol. The zero-order valence-electron chi connectivity index (χ0n) is 14.3. The van der Waals surface area contributed by atoms with E-state index in [1.807, 2.05) is 11.3 Å². The van der Waals surface area contributed by atoms with Gasteiger partial charge in [-0.2, -0.15) is 0 Å². The molecule has 126 valence electrons. The van der Waals surface area contributed by atoms with Crippen LogP contribution in [-0.4, -0.2) is 11.5 Å². The van der Waals surface area contributed by atoms with E-state index in [0.29, 0.717) is 12.0 Å². The van der Waals surface area contributed by atoms with E-state index in [4.69, 9.17) is 0 Å². The second-order valence-corrected chi connectivity index (χ2v) is 7.38. The van der Waals surface area contributed by atoms with Gasteiger partial charge in [-0.1, -0.05) is 54.6 Å². The number of hydrogen-bond donors (Lipinski definition) is 2. The van der Waals surface area contributed by atoms with Gasteiger partial charge >= 0.3 is 0 Å². The zero-order valence-corrected chi connectivity index (χ0v) is 15.1. The highest BCUT2D eigenvalue weighted by Crippen LogP contribution is 2.33. The van der Waals surface area contributed by atoms with Crippen molar-refractivity contribution >= 4 is 22.2 Å².